The second-order valence-electron chi connectivity index (χ2n) is 7.83. The van der Waals surface area contributed by atoms with Crippen LogP contribution in [0.4, 0.5) is 14.9 Å². The molecule has 1 atom stereocenters. The Labute approximate surface area is 195 Å². The number of halogens is 1. The van der Waals surface area contributed by atoms with Gasteiger partial charge in [0.15, 0.2) is 0 Å². The lowest BCUT2D eigenvalue weighted by Crippen LogP contribution is -2.33. The van der Waals surface area contributed by atoms with Crippen LogP contribution in [0.5, 0.6) is 0 Å². The van der Waals surface area contributed by atoms with Gasteiger partial charge in [0.25, 0.3) is 5.91 Å². The lowest BCUT2D eigenvalue weighted by Gasteiger charge is -2.14. The van der Waals surface area contributed by atoms with Crippen LogP contribution in [0, 0.1) is 5.82 Å². The summed E-state index contributed by atoms with van der Waals surface area (Å²) in [6, 6.07) is 14.7. The van der Waals surface area contributed by atoms with Crippen molar-refractivity contribution in [2.24, 2.45) is 0 Å². The molecule has 0 aliphatic carbocycles. The lowest BCUT2D eigenvalue weighted by atomic mass is 10.0. The van der Waals surface area contributed by atoms with Gasteiger partial charge in [-0.3, -0.25) is 19.5 Å². The number of carbonyl (C=O) groups excluding carboxylic acids is 3. The molecule has 9 heteroatoms. The van der Waals surface area contributed by atoms with E-state index in [2.05, 4.69) is 15.6 Å². The van der Waals surface area contributed by atoms with E-state index in [4.69, 9.17) is 4.74 Å². The number of anilines is 1. The van der Waals surface area contributed by atoms with Crippen LogP contribution in [0.2, 0.25) is 0 Å². The number of rotatable bonds is 7. The van der Waals surface area contributed by atoms with E-state index in [0.717, 1.165) is 5.56 Å². The summed E-state index contributed by atoms with van der Waals surface area (Å²) in [7, 11) is 0. The molecule has 4 rings (SSSR count). The molecule has 0 saturated carbocycles. The van der Waals surface area contributed by atoms with Crippen LogP contribution in [0.3, 0.4) is 0 Å². The molecule has 1 aliphatic rings. The van der Waals surface area contributed by atoms with Crippen molar-refractivity contribution < 1.29 is 23.5 Å². The molecule has 0 radical (unpaired) electrons. The molecule has 2 N–H and O–H groups in total. The molecule has 0 spiro atoms. The maximum Gasteiger partial charge on any atom is 0.414 e. The molecule has 0 bridgehead atoms. The second-order valence-corrected chi connectivity index (χ2v) is 7.83. The fourth-order valence-electron chi connectivity index (χ4n) is 3.59. The third-order valence-corrected chi connectivity index (χ3v) is 5.38. The summed E-state index contributed by atoms with van der Waals surface area (Å²) in [6.07, 6.45) is 2.22. The summed E-state index contributed by atoms with van der Waals surface area (Å²) in [5.41, 5.74) is 2.70. The van der Waals surface area contributed by atoms with Crippen LogP contribution in [0.25, 0.3) is 11.1 Å². The monoisotopic (exact) mass is 462 g/mol. The smallest absolute Gasteiger partial charge is 0.414 e. The van der Waals surface area contributed by atoms with Crippen LogP contribution in [-0.4, -0.2) is 42.1 Å². The highest BCUT2D eigenvalue weighted by Gasteiger charge is 2.32. The zero-order valence-corrected chi connectivity index (χ0v) is 18.5. The predicted molar refractivity (Wildman–Crippen MR) is 124 cm³/mol. The highest BCUT2D eigenvalue weighted by atomic mass is 19.1. The Morgan fingerprint density at radius 1 is 1.09 bits per heavy atom. The van der Waals surface area contributed by atoms with Gasteiger partial charge in [0.05, 0.1) is 18.8 Å². The van der Waals surface area contributed by atoms with Gasteiger partial charge in [-0.25, -0.2) is 9.18 Å². The molecule has 2 heterocycles. The van der Waals surface area contributed by atoms with E-state index in [1.807, 2.05) is 12.1 Å². The van der Waals surface area contributed by atoms with Gasteiger partial charge in [-0.2, -0.15) is 0 Å². The van der Waals surface area contributed by atoms with Crippen molar-refractivity contribution in [2.45, 2.75) is 19.6 Å². The summed E-state index contributed by atoms with van der Waals surface area (Å²) in [5, 5.41) is 5.44. The Morgan fingerprint density at radius 2 is 1.82 bits per heavy atom. The fourth-order valence-corrected chi connectivity index (χ4v) is 3.59. The van der Waals surface area contributed by atoms with Crippen LogP contribution < -0.4 is 15.5 Å². The van der Waals surface area contributed by atoms with Crippen LogP contribution in [0.1, 0.15) is 22.8 Å². The van der Waals surface area contributed by atoms with Gasteiger partial charge < -0.3 is 15.4 Å². The molecular weight excluding hydrogens is 439 g/mol. The second kappa shape index (κ2) is 10.1. The van der Waals surface area contributed by atoms with Gasteiger partial charge in [-0.05, 0) is 53.6 Å². The zero-order chi connectivity index (χ0) is 24.1. The maximum absolute atomic E-state index is 14.9. The van der Waals surface area contributed by atoms with Crippen molar-refractivity contribution in [3.8, 4) is 11.1 Å². The number of aromatic nitrogens is 1. The van der Waals surface area contributed by atoms with Gasteiger partial charge in [0.1, 0.15) is 11.9 Å². The molecular formula is C25H23FN4O4. The van der Waals surface area contributed by atoms with E-state index in [0.29, 0.717) is 28.9 Å². The summed E-state index contributed by atoms with van der Waals surface area (Å²) in [6.45, 7) is 2.16. The minimum atomic E-state index is -0.593. The molecule has 2 aromatic carbocycles. The summed E-state index contributed by atoms with van der Waals surface area (Å²) < 4.78 is 20.1. The molecule has 8 nitrogen and oxygen atoms in total. The standard InChI is InChI=1S/C25H23FN4O4/c1-16(31)28-14-21-15-30(25(33)34-21)20-6-7-22(23(26)12-20)18-2-4-19(5-3-18)24(32)29-13-17-8-10-27-11-9-17/h2-12,21H,13-15H2,1H3,(H,28,31)(H,29,32)/t21-/m0/s1. The minimum absolute atomic E-state index is 0.195. The summed E-state index contributed by atoms with van der Waals surface area (Å²) in [4.78, 5) is 40.9. The van der Waals surface area contributed by atoms with E-state index in [1.165, 1.54) is 17.9 Å². The Balaban J connectivity index is 1.41. The molecule has 34 heavy (non-hydrogen) atoms. The minimum Gasteiger partial charge on any atom is -0.442 e. The zero-order valence-electron chi connectivity index (χ0n) is 18.5. The first kappa shape index (κ1) is 22.9. The highest BCUT2D eigenvalue weighted by Crippen LogP contribution is 2.29. The van der Waals surface area contributed by atoms with E-state index < -0.39 is 18.0 Å². The van der Waals surface area contributed by atoms with Gasteiger partial charge >= 0.3 is 6.09 Å². The van der Waals surface area contributed by atoms with Crippen LogP contribution >= 0.6 is 0 Å². The predicted octanol–water partition coefficient (Wildman–Crippen LogP) is 3.28. The number of nitrogens with one attached hydrogen (secondary N) is 2. The summed E-state index contributed by atoms with van der Waals surface area (Å²) in [5.74, 6) is -0.965. The normalized spacial score (nSPS) is 15.1. The van der Waals surface area contributed by atoms with Crippen molar-refractivity contribution in [3.63, 3.8) is 0 Å². The molecule has 1 aromatic heterocycles. The average molecular weight is 462 g/mol. The van der Waals surface area contributed by atoms with E-state index >= 15 is 0 Å². The van der Waals surface area contributed by atoms with Crippen LogP contribution in [0.15, 0.2) is 67.0 Å². The number of ether oxygens (including phenoxy) is 1. The van der Waals surface area contributed by atoms with E-state index in [1.54, 1.807) is 48.8 Å². The number of nitrogens with zero attached hydrogens (tertiary/aromatic N) is 2. The number of carbonyl (C=O) groups is 3. The van der Waals surface area contributed by atoms with Crippen molar-refractivity contribution in [3.05, 3.63) is 83.9 Å². The summed E-state index contributed by atoms with van der Waals surface area (Å²) >= 11 is 0. The van der Waals surface area contributed by atoms with Crippen LogP contribution in [-0.2, 0) is 16.1 Å². The number of pyridine rings is 1. The third kappa shape index (κ3) is 5.37. The van der Waals surface area contributed by atoms with Gasteiger partial charge in [0, 0.05) is 37.0 Å². The molecule has 174 valence electrons. The number of benzene rings is 2. The quantitative estimate of drug-likeness (QED) is 0.561. The average Bonchev–Trinajstić information content (AvgIpc) is 3.22. The van der Waals surface area contributed by atoms with Crippen molar-refractivity contribution in [1.82, 2.24) is 15.6 Å². The first-order chi connectivity index (χ1) is 16.4. The molecule has 0 unspecified atom stereocenters. The van der Waals surface area contributed by atoms with Gasteiger partial charge in [-0.1, -0.05) is 12.1 Å². The topological polar surface area (TPSA) is 101 Å². The number of cyclic esters (lactones) is 1. The number of hydrogen-bond donors (Lipinski definition) is 2. The fraction of sp³-hybridized carbons (Fsp3) is 0.200. The molecule has 1 aliphatic heterocycles. The largest absolute Gasteiger partial charge is 0.442 e. The van der Waals surface area contributed by atoms with E-state index in [-0.39, 0.29) is 24.9 Å². The first-order valence-electron chi connectivity index (χ1n) is 10.7. The Bertz CT molecular complexity index is 1200. The lowest BCUT2D eigenvalue weighted by molar-refractivity contribution is -0.119. The van der Waals surface area contributed by atoms with Gasteiger partial charge in [0.2, 0.25) is 5.91 Å². The Morgan fingerprint density at radius 3 is 2.50 bits per heavy atom. The highest BCUT2D eigenvalue weighted by molar-refractivity contribution is 5.94. The number of amides is 3. The Hall–Kier alpha value is -4.27. The van der Waals surface area contributed by atoms with Gasteiger partial charge in [-0.15, -0.1) is 0 Å². The molecule has 1 saturated heterocycles. The SMILES string of the molecule is CC(=O)NC[C@H]1CN(c2ccc(-c3ccc(C(=O)NCc4ccncc4)cc3)c(F)c2)C(=O)O1. The van der Waals surface area contributed by atoms with Crippen molar-refractivity contribution in [1.29, 1.82) is 0 Å². The molecule has 1 fully saturated rings. The van der Waals surface area contributed by atoms with Crippen molar-refractivity contribution in [2.75, 3.05) is 18.0 Å². The maximum atomic E-state index is 14.9. The first-order valence-corrected chi connectivity index (χ1v) is 10.7. The third-order valence-electron chi connectivity index (χ3n) is 5.38. The van der Waals surface area contributed by atoms with E-state index in [9.17, 15) is 18.8 Å². The molecule has 3 amide bonds. The molecule has 3 aromatic rings. The Kier molecular flexibility index (Phi) is 6.82. The van der Waals surface area contributed by atoms with Crippen molar-refractivity contribution >= 4 is 23.6 Å². The number of hydrogen-bond acceptors (Lipinski definition) is 5.